The number of hydrogen-bond donors (Lipinski definition) is 0. The van der Waals surface area contributed by atoms with Crippen molar-refractivity contribution in [2.24, 2.45) is 0 Å². The first-order valence-electron chi connectivity index (χ1n) is 25.1. The Morgan fingerprint density at radius 2 is 0.986 bits per heavy atom. The van der Waals surface area contributed by atoms with Crippen molar-refractivity contribution in [3.05, 3.63) is 307 Å². The minimum absolute atomic E-state index is 0.119. The first kappa shape index (κ1) is 44.9. The van der Waals surface area contributed by atoms with Crippen molar-refractivity contribution in [3.63, 3.8) is 0 Å². The van der Waals surface area contributed by atoms with Crippen LogP contribution in [0.3, 0.4) is 0 Å². The molecule has 0 saturated heterocycles. The number of fused-ring (bicyclic) bond motifs is 7. The van der Waals surface area contributed by atoms with Crippen molar-refractivity contribution >= 4 is 63.7 Å². The van der Waals surface area contributed by atoms with Crippen LogP contribution in [0.15, 0.2) is 287 Å². The van der Waals surface area contributed by atoms with Crippen LogP contribution < -0.4 is 42.5 Å². The van der Waals surface area contributed by atoms with Crippen LogP contribution in [0.25, 0.3) is 22.3 Å². The molecule has 0 N–H and O–H groups in total. The van der Waals surface area contributed by atoms with E-state index in [1.807, 2.05) is 23.5 Å². The van der Waals surface area contributed by atoms with Gasteiger partial charge in [-0.05, 0) is 0 Å². The Hall–Kier alpha value is -7.73. The van der Waals surface area contributed by atoms with Gasteiger partial charge >= 0.3 is 371 Å². The standard InChI is InChI=1S/C69H44BINS2/c1-5-21-47(22-6-1)39-40-50-45-48(49-41-43-55-54-29-13-14-30-56(54)69(57(55)46-49,51-23-7-2-8-24-51)52-25-9-3-10-26-52)42-44-61(50)72(62-34-17-16-33-60(62)71-53-27-11-4-12-28-53)63-35-19-32-59-68(63)74-66-38-20-37-65-67(66)70(59)58-31-15-18-36-64(58)73-65/h1-38,41-46H/q-1. The van der Waals surface area contributed by atoms with Gasteiger partial charge in [0, 0.05) is 0 Å². The number of benzene rings is 11. The van der Waals surface area contributed by atoms with E-state index < -0.39 is 26.6 Å². The van der Waals surface area contributed by atoms with Gasteiger partial charge in [-0.3, -0.25) is 0 Å². The zero-order chi connectivity index (χ0) is 49.0. The molecular weight excluding hydrogens is 1040 g/mol. The predicted molar refractivity (Wildman–Crippen MR) is 306 cm³/mol. The van der Waals surface area contributed by atoms with Crippen LogP contribution in [0.2, 0.25) is 0 Å². The summed E-state index contributed by atoms with van der Waals surface area (Å²) in [5.41, 5.74) is 18.9. The van der Waals surface area contributed by atoms with Crippen molar-refractivity contribution in [1.82, 2.24) is 0 Å². The van der Waals surface area contributed by atoms with Crippen LogP contribution in [-0.4, -0.2) is 6.71 Å². The Labute approximate surface area is 452 Å². The number of hydrogen-bond acceptors (Lipinski definition) is 3. The molecule has 0 atom stereocenters. The summed E-state index contributed by atoms with van der Waals surface area (Å²) in [6, 6.07) is 98.7. The number of para-hydroxylation sites is 1. The molecule has 14 rings (SSSR count). The zero-order valence-electron chi connectivity index (χ0n) is 40.1. The molecule has 0 aromatic heterocycles. The number of anilines is 3. The van der Waals surface area contributed by atoms with Crippen LogP contribution >= 0.6 is 23.5 Å². The van der Waals surface area contributed by atoms with E-state index in [0.29, 0.717) is 0 Å². The molecule has 11 aromatic rings. The summed E-state index contributed by atoms with van der Waals surface area (Å²) in [6.45, 7) is 0.119. The van der Waals surface area contributed by atoms with Crippen molar-refractivity contribution in [2.75, 3.05) is 4.90 Å². The fraction of sp³-hybridized carbons (Fsp3) is 0.0145. The minimum atomic E-state index is -0.565. The van der Waals surface area contributed by atoms with Crippen LogP contribution in [0.4, 0.5) is 17.1 Å². The van der Waals surface area contributed by atoms with E-state index in [2.05, 4.69) is 284 Å². The van der Waals surface area contributed by atoms with Crippen LogP contribution in [0, 0.1) is 19.0 Å². The molecule has 348 valence electrons. The van der Waals surface area contributed by atoms with Crippen molar-refractivity contribution in [2.45, 2.75) is 25.0 Å². The van der Waals surface area contributed by atoms with E-state index in [9.17, 15) is 0 Å². The second-order valence-corrected chi connectivity index (χ2v) is 23.9. The fourth-order valence-electron chi connectivity index (χ4n) is 11.6. The van der Waals surface area contributed by atoms with Gasteiger partial charge in [-0.25, -0.2) is 0 Å². The Morgan fingerprint density at radius 1 is 0.405 bits per heavy atom. The molecule has 0 spiro atoms. The summed E-state index contributed by atoms with van der Waals surface area (Å²) in [5, 5.41) is 0. The Balaban J connectivity index is 1.000. The topological polar surface area (TPSA) is 3.24 Å². The molecule has 5 heteroatoms. The molecule has 3 aliphatic rings. The van der Waals surface area contributed by atoms with E-state index in [1.165, 1.54) is 82.2 Å². The van der Waals surface area contributed by atoms with E-state index >= 15 is 0 Å². The van der Waals surface area contributed by atoms with Gasteiger partial charge < -0.3 is 0 Å². The SMILES string of the molecule is C(#Cc1cc(-c2ccc3c(c2)C(c2ccccc2)(c2ccccc2)c2ccccc2-3)ccc1N(c1ccccc1[I-]c1ccccc1)c1cccc2c1Sc1cccc3c1B2c1ccccc1S3)c1ccccc1. The fourth-order valence-corrected chi connectivity index (χ4v) is 16.6. The van der Waals surface area contributed by atoms with Gasteiger partial charge in [0.2, 0.25) is 0 Å². The summed E-state index contributed by atoms with van der Waals surface area (Å²) in [5.74, 6) is 7.46. The molecule has 0 amide bonds. The first-order chi connectivity index (χ1) is 36.7. The predicted octanol–water partition coefficient (Wildman–Crippen LogP) is 12.2. The summed E-state index contributed by atoms with van der Waals surface area (Å²) in [4.78, 5) is 7.82. The van der Waals surface area contributed by atoms with E-state index in [-0.39, 0.29) is 6.71 Å². The van der Waals surface area contributed by atoms with E-state index in [0.717, 1.165) is 33.6 Å². The Kier molecular flexibility index (Phi) is 11.5. The molecule has 11 aromatic carbocycles. The second kappa shape index (κ2) is 19.0. The molecule has 1 aliphatic carbocycles. The van der Waals surface area contributed by atoms with Gasteiger partial charge in [-0.2, -0.15) is 0 Å². The molecule has 1 nitrogen and oxygen atoms in total. The average molecular weight is 1090 g/mol. The summed E-state index contributed by atoms with van der Waals surface area (Å²) < 4.78 is 2.72. The average Bonchev–Trinajstić information content (AvgIpc) is 3.78. The maximum absolute atomic E-state index is 3.82. The van der Waals surface area contributed by atoms with E-state index in [1.54, 1.807) is 0 Å². The first-order valence-corrected chi connectivity index (χ1v) is 28.9. The molecular formula is C69H44BINS2-. The zero-order valence-corrected chi connectivity index (χ0v) is 43.9. The molecule has 74 heavy (non-hydrogen) atoms. The molecule has 0 saturated carbocycles. The summed E-state index contributed by atoms with van der Waals surface area (Å²) in [7, 11) is 0. The number of halogens is 1. The van der Waals surface area contributed by atoms with Crippen molar-refractivity contribution in [1.29, 1.82) is 0 Å². The number of rotatable bonds is 8. The van der Waals surface area contributed by atoms with Gasteiger partial charge in [-0.1, -0.05) is 84.9 Å². The summed E-state index contributed by atoms with van der Waals surface area (Å²) in [6.07, 6.45) is 0. The third kappa shape index (κ3) is 7.58. The summed E-state index contributed by atoms with van der Waals surface area (Å²) >= 11 is 3.25. The molecule has 2 heterocycles. The third-order valence-corrected chi connectivity index (χ3v) is 20.0. The van der Waals surface area contributed by atoms with Gasteiger partial charge in [0.1, 0.15) is 0 Å². The molecule has 0 unspecified atom stereocenters. The Bertz CT molecular complexity index is 3980. The van der Waals surface area contributed by atoms with Gasteiger partial charge in [0.25, 0.3) is 0 Å². The van der Waals surface area contributed by atoms with Crippen LogP contribution in [0.1, 0.15) is 33.4 Å². The maximum atomic E-state index is 3.82. The van der Waals surface area contributed by atoms with Crippen LogP contribution in [-0.2, 0) is 5.41 Å². The normalized spacial score (nSPS) is 13.1. The van der Waals surface area contributed by atoms with Crippen molar-refractivity contribution in [3.8, 4) is 34.1 Å². The third-order valence-electron chi connectivity index (χ3n) is 14.7. The van der Waals surface area contributed by atoms with Gasteiger partial charge in [0.15, 0.2) is 0 Å². The van der Waals surface area contributed by atoms with Crippen LogP contribution in [0.5, 0.6) is 0 Å². The number of nitrogens with zero attached hydrogens (tertiary/aromatic N) is 1. The second-order valence-electron chi connectivity index (χ2n) is 18.9. The van der Waals surface area contributed by atoms with Crippen molar-refractivity contribution < 1.29 is 21.2 Å². The molecule has 0 bridgehead atoms. The van der Waals surface area contributed by atoms with E-state index in [4.69, 9.17) is 0 Å². The quantitative estimate of drug-likeness (QED) is 0.0848. The Morgan fingerprint density at radius 3 is 1.78 bits per heavy atom. The molecule has 0 radical (unpaired) electrons. The monoisotopic (exact) mass is 1090 g/mol. The molecule has 0 fully saturated rings. The van der Waals surface area contributed by atoms with Gasteiger partial charge in [0.05, 0.1) is 0 Å². The van der Waals surface area contributed by atoms with Gasteiger partial charge in [-0.15, -0.1) is 0 Å². The molecule has 2 aliphatic heterocycles.